The fraction of sp³-hybridized carbons (Fsp3) is 0.500. The average Bonchev–Trinajstić information content (AvgIpc) is 1.99. The van der Waals surface area contributed by atoms with Gasteiger partial charge in [0.25, 0.3) is 0 Å². The third-order valence-electron chi connectivity index (χ3n) is 1.27. The van der Waals surface area contributed by atoms with Crippen molar-refractivity contribution in [3.8, 4) is 0 Å². The smallest absolute Gasteiger partial charge is 0.191 e. The molecule has 0 aromatic rings. The maximum Gasteiger partial charge on any atom is 0.191 e. The summed E-state index contributed by atoms with van der Waals surface area (Å²) in [7, 11) is 2.86. The minimum absolute atomic E-state index is 0.0926. The van der Waals surface area contributed by atoms with E-state index in [1.807, 2.05) is 6.92 Å². The lowest BCUT2D eigenvalue weighted by Gasteiger charge is -2.08. The third kappa shape index (κ3) is 2.62. The Labute approximate surface area is 66.3 Å². The molecule has 0 unspecified atom stereocenters. The molecule has 2 nitrogen and oxygen atoms in total. The summed E-state index contributed by atoms with van der Waals surface area (Å²) < 4.78 is 22.1. The maximum absolute atomic E-state index is 12.5. The summed E-state index contributed by atoms with van der Waals surface area (Å²) in [5.41, 5.74) is 0. The molecule has 11 heavy (non-hydrogen) atoms. The topological polar surface area (TPSA) is 18.5 Å². The van der Waals surface area contributed by atoms with Gasteiger partial charge in [0.05, 0.1) is 14.2 Å². The van der Waals surface area contributed by atoms with Gasteiger partial charge in [0.15, 0.2) is 11.6 Å². The van der Waals surface area contributed by atoms with E-state index < -0.39 is 5.83 Å². The molecule has 0 bridgehead atoms. The second-order valence-electron chi connectivity index (χ2n) is 1.92. The van der Waals surface area contributed by atoms with E-state index in [-0.39, 0.29) is 5.76 Å². The van der Waals surface area contributed by atoms with E-state index in [1.165, 1.54) is 14.2 Å². The zero-order valence-electron chi connectivity index (χ0n) is 7.11. The maximum atomic E-state index is 12.5. The molecular formula is C8H13FO2. The fourth-order valence-corrected chi connectivity index (χ4v) is 0.773. The highest BCUT2D eigenvalue weighted by molar-refractivity contribution is 5.19. The van der Waals surface area contributed by atoms with Gasteiger partial charge in [-0.15, -0.1) is 0 Å². The number of halogens is 1. The SMILES string of the molecule is C=C(F)/C(OC)=C(\CC)OC. The lowest BCUT2D eigenvalue weighted by Crippen LogP contribution is -1.96. The highest BCUT2D eigenvalue weighted by atomic mass is 19.1. The zero-order valence-corrected chi connectivity index (χ0v) is 7.11. The van der Waals surface area contributed by atoms with Crippen LogP contribution < -0.4 is 0 Å². The van der Waals surface area contributed by atoms with Gasteiger partial charge in [0.1, 0.15) is 5.76 Å². The first-order valence-electron chi connectivity index (χ1n) is 3.33. The molecule has 0 aromatic heterocycles. The molecule has 0 aromatic carbocycles. The third-order valence-corrected chi connectivity index (χ3v) is 1.27. The molecule has 0 aliphatic rings. The van der Waals surface area contributed by atoms with Gasteiger partial charge in [-0.2, -0.15) is 0 Å². The fourth-order valence-electron chi connectivity index (χ4n) is 0.773. The van der Waals surface area contributed by atoms with Gasteiger partial charge in [0.2, 0.25) is 0 Å². The van der Waals surface area contributed by atoms with Crippen molar-refractivity contribution < 1.29 is 13.9 Å². The molecule has 0 atom stereocenters. The number of hydrogen-bond donors (Lipinski definition) is 0. The average molecular weight is 160 g/mol. The minimum Gasteiger partial charge on any atom is -0.497 e. The lowest BCUT2D eigenvalue weighted by molar-refractivity contribution is 0.211. The van der Waals surface area contributed by atoms with Gasteiger partial charge in [-0.25, -0.2) is 4.39 Å². The molecule has 64 valence electrons. The number of methoxy groups -OCH3 is 2. The Hall–Kier alpha value is -0.990. The molecule has 0 heterocycles. The van der Waals surface area contributed by atoms with E-state index in [9.17, 15) is 4.39 Å². The number of allylic oxidation sites excluding steroid dienone is 2. The number of rotatable bonds is 4. The van der Waals surface area contributed by atoms with Crippen molar-refractivity contribution >= 4 is 0 Å². The first kappa shape index (κ1) is 10.0. The Morgan fingerprint density at radius 1 is 1.36 bits per heavy atom. The van der Waals surface area contributed by atoms with Crippen molar-refractivity contribution in [2.45, 2.75) is 13.3 Å². The summed E-state index contributed by atoms with van der Waals surface area (Å²) in [5, 5.41) is 0. The van der Waals surface area contributed by atoms with Gasteiger partial charge in [-0.05, 0) is 0 Å². The van der Waals surface area contributed by atoms with Crippen LogP contribution in [0.1, 0.15) is 13.3 Å². The Bertz CT molecular complexity index is 167. The molecule has 0 radical (unpaired) electrons. The van der Waals surface area contributed by atoms with E-state index in [0.717, 1.165) is 0 Å². The molecule has 3 heteroatoms. The Kier molecular flexibility index (Phi) is 4.34. The first-order chi connectivity index (χ1) is 5.17. The summed E-state index contributed by atoms with van der Waals surface area (Å²) >= 11 is 0. The van der Waals surface area contributed by atoms with Gasteiger partial charge < -0.3 is 9.47 Å². The molecular weight excluding hydrogens is 147 g/mol. The number of hydrogen-bond acceptors (Lipinski definition) is 2. The van der Waals surface area contributed by atoms with Crippen LogP contribution in [0.5, 0.6) is 0 Å². The summed E-state index contributed by atoms with van der Waals surface area (Å²) in [4.78, 5) is 0. The first-order valence-corrected chi connectivity index (χ1v) is 3.33. The van der Waals surface area contributed by atoms with Crippen molar-refractivity contribution in [2.24, 2.45) is 0 Å². The van der Waals surface area contributed by atoms with Crippen LogP contribution in [0, 0.1) is 0 Å². The van der Waals surface area contributed by atoms with Crippen LogP contribution >= 0.6 is 0 Å². The minimum atomic E-state index is -0.605. The predicted octanol–water partition coefficient (Wildman–Crippen LogP) is 2.38. The van der Waals surface area contributed by atoms with Gasteiger partial charge in [-0.3, -0.25) is 0 Å². The van der Waals surface area contributed by atoms with Crippen molar-refractivity contribution in [3.63, 3.8) is 0 Å². The highest BCUT2D eigenvalue weighted by Crippen LogP contribution is 2.17. The largest absolute Gasteiger partial charge is 0.497 e. The summed E-state index contributed by atoms with van der Waals surface area (Å²) in [6.07, 6.45) is 0.586. The van der Waals surface area contributed by atoms with Crippen LogP contribution in [0.25, 0.3) is 0 Å². The van der Waals surface area contributed by atoms with E-state index in [1.54, 1.807) is 0 Å². The second kappa shape index (κ2) is 4.77. The summed E-state index contributed by atoms with van der Waals surface area (Å²) in [5.74, 6) is -0.0406. The Balaban J connectivity index is 4.62. The van der Waals surface area contributed by atoms with Crippen molar-refractivity contribution in [3.05, 3.63) is 23.9 Å². The second-order valence-corrected chi connectivity index (χ2v) is 1.92. The lowest BCUT2D eigenvalue weighted by atomic mass is 10.3. The zero-order chi connectivity index (χ0) is 8.85. The molecule has 0 spiro atoms. The molecule has 0 amide bonds. The van der Waals surface area contributed by atoms with E-state index in [0.29, 0.717) is 12.2 Å². The van der Waals surface area contributed by atoms with E-state index in [4.69, 9.17) is 9.47 Å². The number of ether oxygens (including phenoxy) is 2. The molecule has 0 rings (SSSR count). The van der Waals surface area contributed by atoms with Crippen molar-refractivity contribution in [1.82, 2.24) is 0 Å². The van der Waals surface area contributed by atoms with Crippen molar-refractivity contribution in [1.29, 1.82) is 0 Å². The highest BCUT2D eigenvalue weighted by Gasteiger charge is 2.08. The van der Waals surface area contributed by atoms with Crippen LogP contribution in [0.2, 0.25) is 0 Å². The van der Waals surface area contributed by atoms with Gasteiger partial charge in [-0.1, -0.05) is 13.5 Å². The van der Waals surface area contributed by atoms with Crippen molar-refractivity contribution in [2.75, 3.05) is 14.2 Å². The molecule has 0 saturated heterocycles. The van der Waals surface area contributed by atoms with Gasteiger partial charge in [0, 0.05) is 6.42 Å². The van der Waals surface area contributed by atoms with Gasteiger partial charge >= 0.3 is 0 Å². The van der Waals surface area contributed by atoms with Crippen LogP contribution in [0.15, 0.2) is 23.9 Å². The predicted molar refractivity (Wildman–Crippen MR) is 41.6 cm³/mol. The Morgan fingerprint density at radius 2 is 1.91 bits per heavy atom. The summed E-state index contributed by atoms with van der Waals surface area (Å²) in [6, 6.07) is 0. The van der Waals surface area contributed by atoms with Crippen LogP contribution in [0.4, 0.5) is 4.39 Å². The molecule has 0 fully saturated rings. The molecule has 0 aliphatic carbocycles. The van der Waals surface area contributed by atoms with E-state index in [2.05, 4.69) is 6.58 Å². The Morgan fingerprint density at radius 3 is 2.00 bits per heavy atom. The molecule has 0 aliphatic heterocycles. The van der Waals surface area contributed by atoms with Crippen LogP contribution in [0.3, 0.4) is 0 Å². The standard InChI is InChI=1S/C8H13FO2/c1-5-7(10-3)8(11-4)6(2)9/h2,5H2,1,3-4H3/b8-7-. The normalized spacial score (nSPS) is 12.0. The quantitative estimate of drug-likeness (QED) is 0.464. The van der Waals surface area contributed by atoms with Crippen LogP contribution in [-0.2, 0) is 9.47 Å². The molecule has 0 saturated carbocycles. The van der Waals surface area contributed by atoms with Crippen LogP contribution in [-0.4, -0.2) is 14.2 Å². The summed E-state index contributed by atoms with van der Waals surface area (Å²) in [6.45, 7) is 4.96. The monoisotopic (exact) mass is 160 g/mol. The van der Waals surface area contributed by atoms with E-state index >= 15 is 0 Å². The molecule has 0 N–H and O–H groups in total.